The van der Waals surface area contributed by atoms with E-state index in [0.717, 1.165) is 48.3 Å². The Bertz CT molecular complexity index is 867. The lowest BCUT2D eigenvalue weighted by molar-refractivity contribution is -0.138. The van der Waals surface area contributed by atoms with Crippen LogP contribution < -0.4 is 5.90 Å². The number of aliphatic hydroxyl groups excluding tert-OH is 5. The number of hydrogen-bond acceptors (Lipinski definition) is 8. The summed E-state index contributed by atoms with van der Waals surface area (Å²) >= 11 is 0. The SMILES string of the molecule is CC(C)CCC[C@@H](C)[C@H]1CC[C@H]2[C@@H]3CC=C4C[C@@H](O)CC[C@]4(C)[C@H]3CC[C@]12C.NOC[C@@H](O)[C@@H](O)[C@H](O)[C@H](O)C=O. The summed E-state index contributed by atoms with van der Waals surface area (Å²) in [6, 6.07) is 0. The van der Waals surface area contributed by atoms with Gasteiger partial charge in [0.2, 0.25) is 0 Å². The highest BCUT2D eigenvalue weighted by Crippen LogP contribution is 2.67. The number of hydrogen-bond donors (Lipinski definition) is 6. The summed E-state index contributed by atoms with van der Waals surface area (Å²) in [6.07, 6.45) is 10.5. The molecule has 8 heteroatoms. The van der Waals surface area contributed by atoms with Crippen LogP contribution in [0.5, 0.6) is 0 Å². The minimum Gasteiger partial charge on any atom is -0.393 e. The Morgan fingerprint density at radius 2 is 1.71 bits per heavy atom. The predicted molar refractivity (Wildman–Crippen MR) is 159 cm³/mol. The zero-order valence-electron chi connectivity index (χ0n) is 26.1. The van der Waals surface area contributed by atoms with Crippen molar-refractivity contribution in [3.8, 4) is 0 Å². The van der Waals surface area contributed by atoms with E-state index >= 15 is 0 Å². The summed E-state index contributed by atoms with van der Waals surface area (Å²) in [4.78, 5) is 14.0. The van der Waals surface area contributed by atoms with Crippen molar-refractivity contribution < 1.29 is 35.2 Å². The lowest BCUT2D eigenvalue weighted by atomic mass is 9.47. The van der Waals surface area contributed by atoms with E-state index in [2.05, 4.69) is 51.4 Å². The summed E-state index contributed by atoms with van der Waals surface area (Å²) in [6.45, 7) is 12.2. The van der Waals surface area contributed by atoms with Crippen molar-refractivity contribution in [2.75, 3.05) is 6.61 Å². The molecule has 238 valence electrons. The van der Waals surface area contributed by atoms with Gasteiger partial charge >= 0.3 is 0 Å². The molecule has 0 amide bonds. The van der Waals surface area contributed by atoms with Crippen LogP contribution in [0.15, 0.2) is 11.6 Å². The second-order valence-corrected chi connectivity index (χ2v) is 14.7. The molecule has 41 heavy (non-hydrogen) atoms. The molecule has 0 unspecified atom stereocenters. The van der Waals surface area contributed by atoms with Crippen LogP contribution in [0.4, 0.5) is 0 Å². The zero-order chi connectivity index (χ0) is 30.5. The number of aliphatic hydroxyl groups is 5. The highest BCUT2D eigenvalue weighted by molar-refractivity contribution is 5.56. The topological polar surface area (TPSA) is 153 Å². The van der Waals surface area contributed by atoms with E-state index in [9.17, 15) is 9.90 Å². The molecule has 0 saturated heterocycles. The summed E-state index contributed by atoms with van der Waals surface area (Å²) < 4.78 is 0. The third-order valence-electron chi connectivity index (χ3n) is 11.8. The van der Waals surface area contributed by atoms with Gasteiger partial charge in [0.1, 0.15) is 24.4 Å². The number of aldehydes is 1. The van der Waals surface area contributed by atoms with Gasteiger partial charge in [-0.25, -0.2) is 5.90 Å². The van der Waals surface area contributed by atoms with Crippen molar-refractivity contribution in [2.24, 2.45) is 52.2 Å². The molecule has 4 rings (SSSR count). The van der Waals surface area contributed by atoms with E-state index in [1.807, 2.05) is 0 Å². The molecular formula is C33H59NO7. The first-order chi connectivity index (χ1) is 19.3. The number of nitrogens with two attached hydrogens (primary N) is 1. The molecule has 0 heterocycles. The Hall–Kier alpha value is -0.870. The Kier molecular flexibility index (Phi) is 12.4. The average Bonchev–Trinajstić information content (AvgIpc) is 3.29. The van der Waals surface area contributed by atoms with Crippen LogP contribution >= 0.6 is 0 Å². The standard InChI is InChI=1S/C27H46O.C6H13NO6/c1-18(2)7-6-8-19(3)23-11-12-24-22-10-9-20-17-21(28)13-15-26(20,4)25(22)14-16-27(23,24)5;7-13-2-4(10)6(12)5(11)3(9)1-8/h9,18-19,21-25,28H,6-8,10-17H2,1-5H3;1,3-6,9-12H,2,7H2/t19-,21+,22+,23-,24+,25+,26+,27-;3-,4-,5-,6-/m11/s1. The minimum atomic E-state index is -1.76. The minimum absolute atomic E-state index is 0.0455. The quantitative estimate of drug-likeness (QED) is 0.122. The van der Waals surface area contributed by atoms with Gasteiger partial charge < -0.3 is 35.2 Å². The number of allylic oxidation sites excluding steroid dienone is 1. The van der Waals surface area contributed by atoms with Crippen molar-refractivity contribution in [2.45, 2.75) is 136 Å². The van der Waals surface area contributed by atoms with Gasteiger partial charge in [0, 0.05) is 0 Å². The molecule has 0 aliphatic heterocycles. The first-order valence-corrected chi connectivity index (χ1v) is 16.2. The Labute approximate surface area is 247 Å². The smallest absolute Gasteiger partial charge is 0.151 e. The van der Waals surface area contributed by atoms with Crippen LogP contribution in [-0.2, 0) is 9.63 Å². The van der Waals surface area contributed by atoms with Gasteiger partial charge in [-0.05, 0) is 97.7 Å². The third-order valence-corrected chi connectivity index (χ3v) is 11.8. The molecule has 0 aromatic carbocycles. The molecule has 0 radical (unpaired) electrons. The second-order valence-electron chi connectivity index (χ2n) is 14.7. The van der Waals surface area contributed by atoms with Gasteiger partial charge in [-0.2, -0.15) is 0 Å². The maximum Gasteiger partial charge on any atom is 0.151 e. The largest absolute Gasteiger partial charge is 0.393 e. The number of rotatable bonds is 11. The molecule has 0 spiro atoms. The number of fused-ring (bicyclic) bond motifs is 5. The van der Waals surface area contributed by atoms with Crippen molar-refractivity contribution in [3.05, 3.63) is 11.6 Å². The molecule has 3 fully saturated rings. The predicted octanol–water partition coefficient (Wildman–Crippen LogP) is 3.91. The van der Waals surface area contributed by atoms with Crippen molar-refractivity contribution in [3.63, 3.8) is 0 Å². The highest BCUT2D eigenvalue weighted by Gasteiger charge is 2.59. The summed E-state index contributed by atoms with van der Waals surface area (Å²) in [5.74, 6) is 10.0. The van der Waals surface area contributed by atoms with E-state index in [1.165, 1.54) is 57.8 Å². The lowest BCUT2D eigenvalue weighted by Crippen LogP contribution is -2.50. The third kappa shape index (κ3) is 7.62. The monoisotopic (exact) mass is 581 g/mol. The number of carbonyl (C=O) groups excluding carboxylic acids is 1. The molecule has 0 aromatic rings. The Morgan fingerprint density at radius 1 is 1.00 bits per heavy atom. The molecule has 0 bridgehead atoms. The van der Waals surface area contributed by atoms with E-state index in [0.29, 0.717) is 10.8 Å². The highest BCUT2D eigenvalue weighted by atomic mass is 16.6. The van der Waals surface area contributed by atoms with E-state index in [-0.39, 0.29) is 12.4 Å². The normalized spacial score (nSPS) is 38.2. The van der Waals surface area contributed by atoms with Crippen LogP contribution in [0.25, 0.3) is 0 Å². The first-order valence-electron chi connectivity index (χ1n) is 16.2. The Morgan fingerprint density at radius 3 is 2.34 bits per heavy atom. The van der Waals surface area contributed by atoms with Gasteiger partial charge in [-0.15, -0.1) is 0 Å². The van der Waals surface area contributed by atoms with Gasteiger partial charge in [0.25, 0.3) is 0 Å². The molecule has 0 aromatic heterocycles. The van der Waals surface area contributed by atoms with Gasteiger partial charge in [0.15, 0.2) is 6.29 Å². The van der Waals surface area contributed by atoms with Gasteiger partial charge in [0.05, 0.1) is 12.7 Å². The van der Waals surface area contributed by atoms with Crippen molar-refractivity contribution in [1.82, 2.24) is 0 Å². The zero-order valence-corrected chi connectivity index (χ0v) is 26.1. The van der Waals surface area contributed by atoms with Crippen LogP contribution in [-0.4, -0.2) is 68.9 Å². The second kappa shape index (κ2) is 14.7. The molecule has 7 N–H and O–H groups in total. The van der Waals surface area contributed by atoms with E-state index < -0.39 is 31.0 Å². The maximum atomic E-state index is 10.2. The fourth-order valence-electron chi connectivity index (χ4n) is 9.37. The van der Waals surface area contributed by atoms with Crippen LogP contribution in [0.1, 0.15) is 105 Å². The molecular weight excluding hydrogens is 522 g/mol. The average molecular weight is 582 g/mol. The molecule has 4 aliphatic carbocycles. The summed E-state index contributed by atoms with van der Waals surface area (Å²) in [5, 5.41) is 46.0. The Balaban J connectivity index is 0.000000302. The first kappa shape index (κ1) is 34.6. The molecule has 12 atom stereocenters. The summed E-state index contributed by atoms with van der Waals surface area (Å²) in [7, 11) is 0. The van der Waals surface area contributed by atoms with Crippen LogP contribution in [0.2, 0.25) is 0 Å². The molecule has 4 aliphatic rings. The fraction of sp³-hybridized carbons (Fsp3) is 0.909. The van der Waals surface area contributed by atoms with Crippen molar-refractivity contribution in [1.29, 1.82) is 0 Å². The van der Waals surface area contributed by atoms with Crippen molar-refractivity contribution >= 4 is 6.29 Å². The van der Waals surface area contributed by atoms with Crippen LogP contribution in [0.3, 0.4) is 0 Å². The molecule has 8 nitrogen and oxygen atoms in total. The number of carbonyl (C=O) groups is 1. The van der Waals surface area contributed by atoms with Gasteiger partial charge in [-0.1, -0.05) is 65.5 Å². The van der Waals surface area contributed by atoms with E-state index in [4.69, 9.17) is 20.4 Å². The summed E-state index contributed by atoms with van der Waals surface area (Å²) in [5.41, 5.74) is 2.60. The van der Waals surface area contributed by atoms with Gasteiger partial charge in [-0.3, -0.25) is 0 Å². The maximum absolute atomic E-state index is 10.2. The lowest BCUT2D eigenvalue weighted by Gasteiger charge is -2.58. The fourth-order valence-corrected chi connectivity index (χ4v) is 9.37. The molecule has 3 saturated carbocycles. The van der Waals surface area contributed by atoms with Crippen LogP contribution in [0, 0.1) is 46.3 Å². The van der Waals surface area contributed by atoms with E-state index in [1.54, 1.807) is 5.57 Å².